The second-order valence-corrected chi connectivity index (χ2v) is 5.61. The molecule has 0 aliphatic rings. The van der Waals surface area contributed by atoms with Gasteiger partial charge in [-0.1, -0.05) is 17.7 Å². The van der Waals surface area contributed by atoms with Crippen molar-refractivity contribution < 1.29 is 9.18 Å². The predicted octanol–water partition coefficient (Wildman–Crippen LogP) is 4.64. The number of hydrogen-bond donors (Lipinski definition) is 1. The maximum atomic E-state index is 13.1. The highest BCUT2D eigenvalue weighted by Crippen LogP contribution is 2.21. The molecule has 98 valence electrons. The van der Waals surface area contributed by atoms with Gasteiger partial charge in [-0.25, -0.2) is 4.39 Å². The van der Waals surface area contributed by atoms with E-state index in [1.165, 1.54) is 12.1 Å². The normalized spacial score (nSPS) is 10.3. The fraction of sp³-hybridized carbons (Fsp3) is 0.0714. The number of halogens is 3. The number of rotatable bonds is 2. The SMILES string of the molecule is Cc1ccc(F)cc1NC(=O)c1ccc(Cl)c(I)c1. The van der Waals surface area contributed by atoms with Gasteiger partial charge in [-0.05, 0) is 65.4 Å². The van der Waals surface area contributed by atoms with Gasteiger partial charge in [0.2, 0.25) is 0 Å². The van der Waals surface area contributed by atoms with Crippen molar-refractivity contribution >= 4 is 45.8 Å². The minimum absolute atomic E-state index is 0.289. The summed E-state index contributed by atoms with van der Waals surface area (Å²) >= 11 is 7.96. The van der Waals surface area contributed by atoms with Gasteiger partial charge in [-0.15, -0.1) is 0 Å². The lowest BCUT2D eigenvalue weighted by Crippen LogP contribution is -2.13. The van der Waals surface area contributed by atoms with E-state index in [2.05, 4.69) is 27.9 Å². The van der Waals surface area contributed by atoms with E-state index in [1.54, 1.807) is 31.2 Å². The zero-order chi connectivity index (χ0) is 14.0. The summed E-state index contributed by atoms with van der Waals surface area (Å²) < 4.78 is 13.9. The Morgan fingerprint density at radius 1 is 1.26 bits per heavy atom. The molecule has 0 bridgehead atoms. The predicted molar refractivity (Wildman–Crippen MR) is 83.3 cm³/mol. The molecule has 0 unspecified atom stereocenters. The standard InChI is InChI=1S/C14H10ClFINO/c1-8-2-4-10(16)7-13(8)18-14(19)9-3-5-11(15)12(17)6-9/h2-7H,1H3,(H,18,19). The van der Waals surface area contributed by atoms with E-state index in [1.807, 2.05) is 0 Å². The van der Waals surface area contributed by atoms with Gasteiger partial charge in [0.1, 0.15) is 5.82 Å². The van der Waals surface area contributed by atoms with E-state index >= 15 is 0 Å². The van der Waals surface area contributed by atoms with Gasteiger partial charge in [-0.2, -0.15) is 0 Å². The number of aryl methyl sites for hydroxylation is 1. The lowest BCUT2D eigenvalue weighted by molar-refractivity contribution is 0.102. The average Bonchev–Trinajstić information content (AvgIpc) is 2.37. The highest BCUT2D eigenvalue weighted by molar-refractivity contribution is 14.1. The number of anilines is 1. The first kappa shape index (κ1) is 14.3. The molecule has 1 N–H and O–H groups in total. The van der Waals surface area contributed by atoms with Crippen LogP contribution in [0.25, 0.3) is 0 Å². The second kappa shape index (κ2) is 5.88. The number of hydrogen-bond acceptors (Lipinski definition) is 1. The fourth-order valence-corrected chi connectivity index (χ4v) is 2.19. The molecule has 2 rings (SSSR count). The van der Waals surface area contributed by atoms with Gasteiger partial charge in [0.25, 0.3) is 5.91 Å². The van der Waals surface area contributed by atoms with E-state index < -0.39 is 0 Å². The zero-order valence-electron chi connectivity index (χ0n) is 10.0. The van der Waals surface area contributed by atoms with Crippen molar-refractivity contribution in [3.05, 3.63) is 61.9 Å². The van der Waals surface area contributed by atoms with E-state index in [0.717, 1.165) is 9.13 Å². The third-order valence-electron chi connectivity index (χ3n) is 2.63. The van der Waals surface area contributed by atoms with Crippen molar-refractivity contribution in [2.45, 2.75) is 6.92 Å². The first-order valence-corrected chi connectivity index (χ1v) is 6.95. The molecule has 2 nitrogen and oxygen atoms in total. The summed E-state index contributed by atoms with van der Waals surface area (Å²) in [5, 5.41) is 3.29. The molecule has 0 aromatic heterocycles. The quantitative estimate of drug-likeness (QED) is 0.745. The summed E-state index contributed by atoms with van der Waals surface area (Å²) in [6.07, 6.45) is 0. The maximum absolute atomic E-state index is 13.1. The Balaban J connectivity index is 2.25. The van der Waals surface area contributed by atoms with Crippen LogP contribution in [0, 0.1) is 16.3 Å². The van der Waals surface area contributed by atoms with Gasteiger partial charge < -0.3 is 5.32 Å². The minimum atomic E-state index is -0.383. The van der Waals surface area contributed by atoms with Gasteiger partial charge in [0.15, 0.2) is 0 Å². The second-order valence-electron chi connectivity index (χ2n) is 4.04. The van der Waals surface area contributed by atoms with Crippen molar-refractivity contribution in [2.75, 3.05) is 5.32 Å². The molecule has 0 spiro atoms. The Morgan fingerprint density at radius 3 is 2.68 bits per heavy atom. The van der Waals surface area contributed by atoms with Crippen molar-refractivity contribution in [2.24, 2.45) is 0 Å². The van der Waals surface area contributed by atoms with Crippen LogP contribution in [0.3, 0.4) is 0 Å². The molecule has 2 aromatic rings. The van der Waals surface area contributed by atoms with Crippen LogP contribution in [0.5, 0.6) is 0 Å². The largest absolute Gasteiger partial charge is 0.322 e. The Labute approximate surface area is 129 Å². The molecule has 0 radical (unpaired) electrons. The molecule has 0 aliphatic carbocycles. The Kier molecular flexibility index (Phi) is 4.42. The van der Waals surface area contributed by atoms with E-state index in [4.69, 9.17) is 11.6 Å². The first-order chi connectivity index (χ1) is 8.97. The van der Waals surface area contributed by atoms with E-state index in [9.17, 15) is 9.18 Å². The van der Waals surface area contributed by atoms with Crippen LogP contribution in [-0.4, -0.2) is 5.91 Å². The molecule has 0 atom stereocenters. The highest BCUT2D eigenvalue weighted by atomic mass is 127. The van der Waals surface area contributed by atoms with E-state index in [0.29, 0.717) is 16.3 Å². The molecule has 0 saturated carbocycles. The smallest absolute Gasteiger partial charge is 0.255 e. The molecule has 0 fully saturated rings. The molecule has 5 heteroatoms. The number of carbonyl (C=O) groups is 1. The first-order valence-electron chi connectivity index (χ1n) is 5.50. The summed E-state index contributed by atoms with van der Waals surface area (Å²) in [5.41, 5.74) is 1.76. The van der Waals surface area contributed by atoms with Gasteiger partial charge >= 0.3 is 0 Å². The molecule has 19 heavy (non-hydrogen) atoms. The summed E-state index contributed by atoms with van der Waals surface area (Å²) in [6, 6.07) is 9.26. The van der Waals surface area contributed by atoms with Crippen molar-refractivity contribution in [3.63, 3.8) is 0 Å². The van der Waals surface area contributed by atoms with E-state index in [-0.39, 0.29) is 11.7 Å². The molecule has 2 aromatic carbocycles. The lowest BCUT2D eigenvalue weighted by Gasteiger charge is -2.09. The monoisotopic (exact) mass is 389 g/mol. The van der Waals surface area contributed by atoms with Gasteiger partial charge in [0.05, 0.1) is 5.02 Å². The third-order valence-corrected chi connectivity index (χ3v) is 4.17. The lowest BCUT2D eigenvalue weighted by atomic mass is 10.1. The molecule has 0 heterocycles. The van der Waals surface area contributed by atoms with Crippen LogP contribution in [0.2, 0.25) is 5.02 Å². The van der Waals surface area contributed by atoms with Crippen LogP contribution < -0.4 is 5.32 Å². The van der Waals surface area contributed by atoms with Crippen molar-refractivity contribution in [1.82, 2.24) is 0 Å². The molecule has 0 saturated heterocycles. The van der Waals surface area contributed by atoms with Crippen molar-refractivity contribution in [1.29, 1.82) is 0 Å². The topological polar surface area (TPSA) is 29.1 Å². The third kappa shape index (κ3) is 3.45. The number of amides is 1. The van der Waals surface area contributed by atoms with Crippen LogP contribution >= 0.6 is 34.2 Å². The Morgan fingerprint density at radius 2 is 2.00 bits per heavy atom. The zero-order valence-corrected chi connectivity index (χ0v) is 12.9. The Bertz CT molecular complexity index is 645. The summed E-state index contributed by atoms with van der Waals surface area (Å²) in [6.45, 7) is 1.81. The average molecular weight is 390 g/mol. The summed E-state index contributed by atoms with van der Waals surface area (Å²) in [4.78, 5) is 12.1. The maximum Gasteiger partial charge on any atom is 0.255 e. The van der Waals surface area contributed by atoms with Crippen LogP contribution in [-0.2, 0) is 0 Å². The summed E-state index contributed by atoms with van der Waals surface area (Å²) in [5.74, 6) is -0.671. The van der Waals surface area contributed by atoms with Crippen molar-refractivity contribution in [3.8, 4) is 0 Å². The number of benzene rings is 2. The fourth-order valence-electron chi connectivity index (χ4n) is 1.56. The van der Waals surface area contributed by atoms with Gasteiger partial charge in [-0.3, -0.25) is 4.79 Å². The summed E-state index contributed by atoms with van der Waals surface area (Å²) in [7, 11) is 0. The van der Waals surface area contributed by atoms with Crippen LogP contribution in [0.15, 0.2) is 36.4 Å². The minimum Gasteiger partial charge on any atom is -0.322 e. The van der Waals surface area contributed by atoms with Crippen LogP contribution in [0.4, 0.5) is 10.1 Å². The molecule has 0 aliphatic heterocycles. The van der Waals surface area contributed by atoms with Gasteiger partial charge in [0, 0.05) is 14.8 Å². The van der Waals surface area contributed by atoms with Crippen LogP contribution in [0.1, 0.15) is 15.9 Å². The number of nitrogens with one attached hydrogen (secondary N) is 1. The number of carbonyl (C=O) groups excluding carboxylic acids is 1. The Hall–Kier alpha value is -1.14. The molecular weight excluding hydrogens is 380 g/mol. The molecule has 1 amide bonds. The molecular formula is C14H10ClFINO. The highest BCUT2D eigenvalue weighted by Gasteiger charge is 2.10.